The van der Waals surface area contributed by atoms with Gasteiger partial charge < -0.3 is 4.57 Å². The van der Waals surface area contributed by atoms with Crippen molar-refractivity contribution in [1.29, 1.82) is 0 Å². The second-order valence-corrected chi connectivity index (χ2v) is 35.6. The van der Waals surface area contributed by atoms with Crippen molar-refractivity contribution in [1.82, 2.24) is 4.57 Å². The molecule has 0 aliphatic carbocycles. The van der Waals surface area contributed by atoms with Crippen molar-refractivity contribution in [2.45, 2.75) is 209 Å². The Hall–Kier alpha value is -8.07. The molecular formula is C92H104FN. The minimum absolute atomic E-state index is 0.0643. The summed E-state index contributed by atoms with van der Waals surface area (Å²) in [5.74, 6) is -0.248. The molecule has 0 fully saturated rings. The van der Waals surface area contributed by atoms with Crippen LogP contribution in [0.1, 0.15) is 211 Å². The van der Waals surface area contributed by atoms with Crippen LogP contribution in [0.2, 0.25) is 0 Å². The van der Waals surface area contributed by atoms with Crippen LogP contribution >= 0.6 is 0 Å². The van der Waals surface area contributed by atoms with Crippen LogP contribution in [-0.2, 0) is 43.3 Å². The van der Waals surface area contributed by atoms with E-state index in [-0.39, 0.29) is 49.1 Å². The second kappa shape index (κ2) is 23.7. The van der Waals surface area contributed by atoms with Crippen molar-refractivity contribution in [2.75, 3.05) is 0 Å². The quantitative estimate of drug-likeness (QED) is 0.143. The SMILES string of the molecule is CC(C)(C)c1cc(-c2cc(-c3cc(C(C)(C)C)cc(C(C)(C)C)c3)cc(-c3ccc4c(c3)c3cc(-c5cc(-c6cc(C(C)(C)C)cc(C(C)(C)C)c6)cc(-c6cc(C(C)(C)C)cc(C(C)(C)C)c6)c5)ccc3n4-c3ccccc3-c3ccccc3F)c2)cc(C(C)(C)C)c1. The normalized spacial score (nSPS) is 13.2. The Bertz CT molecular complexity index is 4150. The fourth-order valence-electron chi connectivity index (χ4n) is 13.1. The van der Waals surface area contributed by atoms with E-state index in [4.69, 9.17) is 0 Å². The Labute approximate surface area is 565 Å². The largest absolute Gasteiger partial charge is 0.309 e. The standard InChI is InChI=1S/C92H104FN/c1-85(2,3)69-43-65(44-70(53-69)86(4,5)6)61-37-59(38-62(41-61)66-45-71(87(7,8)9)54-72(46-66)88(10,11)12)57-33-35-83-79(51-57)80-52-58(34-36-84(80)94(83)82-32-28-26-30-78(82)77-29-25-27-31-81(77)93)60-39-63(67-47-73(89(13,14)15)55-74(48-67)90(16,17)18)42-64(40-60)68-49-75(91(19,20)21)56-76(50-68)92(22,23)24/h25-56H,1-24H3. The van der Waals surface area contributed by atoms with E-state index < -0.39 is 0 Å². The van der Waals surface area contributed by atoms with Crippen molar-refractivity contribution in [2.24, 2.45) is 0 Å². The van der Waals surface area contributed by atoms with Crippen molar-refractivity contribution >= 4 is 21.8 Å². The molecule has 0 radical (unpaired) electrons. The number of fused-ring (bicyclic) bond motifs is 3. The minimum atomic E-state index is -0.248. The lowest BCUT2D eigenvalue weighted by atomic mass is 9.77. The van der Waals surface area contributed by atoms with Gasteiger partial charge in [-0.1, -0.05) is 287 Å². The Morgan fingerprint density at radius 3 is 0.691 bits per heavy atom. The third kappa shape index (κ3) is 13.9. The first-order valence-electron chi connectivity index (χ1n) is 34.4. The molecule has 0 amide bonds. The zero-order chi connectivity index (χ0) is 68.4. The van der Waals surface area contributed by atoms with Gasteiger partial charge in [-0.05, 0) is 227 Å². The van der Waals surface area contributed by atoms with E-state index in [0.29, 0.717) is 5.56 Å². The van der Waals surface area contributed by atoms with E-state index in [1.165, 1.54) is 89.0 Å². The molecule has 0 N–H and O–H groups in total. The number of benzene rings is 10. The lowest BCUT2D eigenvalue weighted by Gasteiger charge is -2.27. The fraction of sp³-hybridized carbons (Fsp3) is 0.348. The van der Waals surface area contributed by atoms with Gasteiger partial charge in [-0.3, -0.25) is 0 Å². The summed E-state index contributed by atoms with van der Waals surface area (Å²) in [7, 11) is 0. The van der Waals surface area contributed by atoms with E-state index in [9.17, 15) is 0 Å². The van der Waals surface area contributed by atoms with E-state index >= 15 is 4.39 Å². The summed E-state index contributed by atoms with van der Waals surface area (Å²) in [6, 6.07) is 73.4. The van der Waals surface area contributed by atoms with Gasteiger partial charge >= 0.3 is 0 Å². The molecule has 1 aromatic heterocycles. The molecule has 0 spiro atoms. The third-order valence-electron chi connectivity index (χ3n) is 19.6. The molecule has 0 unspecified atom stereocenters. The van der Waals surface area contributed by atoms with Crippen LogP contribution in [0, 0.1) is 5.82 Å². The minimum Gasteiger partial charge on any atom is -0.309 e. The number of rotatable bonds is 8. The summed E-state index contributed by atoms with van der Waals surface area (Å²) >= 11 is 0. The average Bonchev–Trinajstić information content (AvgIpc) is 1.53. The van der Waals surface area contributed by atoms with Gasteiger partial charge in [0.2, 0.25) is 0 Å². The molecule has 0 saturated heterocycles. The first kappa shape index (κ1) is 67.4. The first-order valence-corrected chi connectivity index (χ1v) is 34.4. The Morgan fingerprint density at radius 1 is 0.213 bits per heavy atom. The Kier molecular flexibility index (Phi) is 17.0. The van der Waals surface area contributed by atoms with Crippen LogP contribution < -0.4 is 0 Å². The molecule has 484 valence electrons. The van der Waals surface area contributed by atoms with Crippen molar-refractivity contribution in [3.63, 3.8) is 0 Å². The number of hydrogen-bond acceptors (Lipinski definition) is 0. The molecular weight excluding hydrogens is 1140 g/mol. The highest BCUT2D eigenvalue weighted by Gasteiger charge is 2.28. The van der Waals surface area contributed by atoms with Gasteiger partial charge in [0.05, 0.1) is 16.7 Å². The first-order chi connectivity index (χ1) is 43.5. The van der Waals surface area contributed by atoms with E-state index in [1.54, 1.807) is 12.1 Å². The number of aromatic nitrogens is 1. The maximum Gasteiger partial charge on any atom is 0.131 e. The third-order valence-corrected chi connectivity index (χ3v) is 19.6. The molecule has 94 heavy (non-hydrogen) atoms. The van der Waals surface area contributed by atoms with Crippen molar-refractivity contribution in [3.05, 3.63) is 244 Å². The van der Waals surface area contributed by atoms with Gasteiger partial charge in [0.25, 0.3) is 0 Å². The molecule has 10 aromatic carbocycles. The average molecular weight is 1240 g/mol. The van der Waals surface area contributed by atoms with Gasteiger partial charge in [-0.15, -0.1) is 0 Å². The fourth-order valence-corrected chi connectivity index (χ4v) is 13.1. The summed E-state index contributed by atoms with van der Waals surface area (Å²) in [6.45, 7) is 55.9. The summed E-state index contributed by atoms with van der Waals surface area (Å²) in [4.78, 5) is 0. The molecule has 0 saturated carbocycles. The molecule has 1 nitrogen and oxygen atoms in total. The molecule has 11 aromatic rings. The molecule has 0 aliphatic heterocycles. The van der Waals surface area contributed by atoms with Crippen LogP contribution in [0.15, 0.2) is 194 Å². The van der Waals surface area contributed by atoms with Gasteiger partial charge in [0, 0.05) is 21.9 Å². The van der Waals surface area contributed by atoms with E-state index in [2.05, 4.69) is 335 Å². The Morgan fingerprint density at radius 2 is 0.436 bits per heavy atom. The van der Waals surface area contributed by atoms with Gasteiger partial charge in [0.15, 0.2) is 0 Å². The molecule has 0 bridgehead atoms. The number of para-hydroxylation sites is 1. The lowest BCUT2D eigenvalue weighted by molar-refractivity contribution is 0.568. The molecule has 0 aliphatic rings. The number of hydrogen-bond donors (Lipinski definition) is 0. The maximum atomic E-state index is 16.3. The van der Waals surface area contributed by atoms with E-state index in [0.717, 1.165) is 55.3 Å². The zero-order valence-corrected chi connectivity index (χ0v) is 61.3. The van der Waals surface area contributed by atoms with Gasteiger partial charge in [-0.25, -0.2) is 4.39 Å². The van der Waals surface area contributed by atoms with Crippen LogP contribution in [-0.4, -0.2) is 4.57 Å². The highest BCUT2D eigenvalue weighted by atomic mass is 19.1. The highest BCUT2D eigenvalue weighted by molar-refractivity contribution is 6.12. The second-order valence-electron chi connectivity index (χ2n) is 35.6. The van der Waals surface area contributed by atoms with Crippen LogP contribution in [0.4, 0.5) is 4.39 Å². The molecule has 0 atom stereocenters. The Balaban J connectivity index is 1.23. The lowest BCUT2D eigenvalue weighted by Crippen LogP contribution is -2.16. The van der Waals surface area contributed by atoms with E-state index in [1.807, 2.05) is 18.2 Å². The monoisotopic (exact) mass is 1240 g/mol. The van der Waals surface area contributed by atoms with Crippen molar-refractivity contribution in [3.8, 4) is 83.6 Å². The molecule has 1 heterocycles. The zero-order valence-electron chi connectivity index (χ0n) is 61.3. The molecule has 11 rings (SSSR count). The van der Waals surface area contributed by atoms with Crippen molar-refractivity contribution < 1.29 is 4.39 Å². The van der Waals surface area contributed by atoms with Crippen LogP contribution in [0.3, 0.4) is 0 Å². The topological polar surface area (TPSA) is 4.93 Å². The summed E-state index contributed by atoms with van der Waals surface area (Å²) in [6.07, 6.45) is 0. The number of nitrogens with zero attached hydrogens (tertiary/aromatic N) is 1. The summed E-state index contributed by atoms with van der Waals surface area (Å²) in [5, 5.41) is 2.24. The maximum absolute atomic E-state index is 16.3. The van der Waals surface area contributed by atoms with Crippen LogP contribution in [0.5, 0.6) is 0 Å². The summed E-state index contributed by atoms with van der Waals surface area (Å²) in [5.41, 5.74) is 28.7. The predicted molar refractivity (Wildman–Crippen MR) is 408 cm³/mol. The molecule has 2 heteroatoms. The summed E-state index contributed by atoms with van der Waals surface area (Å²) < 4.78 is 18.6. The predicted octanol–water partition coefficient (Wildman–Crippen LogP) is 27.0. The number of halogens is 1. The van der Waals surface area contributed by atoms with Gasteiger partial charge in [-0.2, -0.15) is 0 Å². The highest BCUT2D eigenvalue weighted by Crippen LogP contribution is 2.46. The smallest absolute Gasteiger partial charge is 0.131 e. The van der Waals surface area contributed by atoms with Gasteiger partial charge in [0.1, 0.15) is 5.82 Å². The van der Waals surface area contributed by atoms with Crippen LogP contribution in [0.25, 0.3) is 105 Å².